The molecular formula is C22H32N5O2+. The van der Waals surface area contributed by atoms with Gasteiger partial charge >= 0.3 is 5.90 Å². The first kappa shape index (κ1) is 20.1. The largest absolute Gasteiger partial charge is 0.578 e. The van der Waals surface area contributed by atoms with Crippen LogP contribution in [0.5, 0.6) is 0 Å². The van der Waals surface area contributed by atoms with Crippen molar-refractivity contribution in [2.45, 2.75) is 50.9 Å². The van der Waals surface area contributed by atoms with E-state index in [-0.39, 0.29) is 5.90 Å². The molecule has 0 spiro atoms. The van der Waals surface area contributed by atoms with Crippen LogP contribution in [-0.2, 0) is 4.74 Å². The minimum Gasteiger partial charge on any atom is -0.578 e. The molecule has 0 aliphatic carbocycles. The van der Waals surface area contributed by atoms with Crippen LogP contribution in [0.3, 0.4) is 0 Å². The van der Waals surface area contributed by atoms with E-state index in [0.717, 1.165) is 67.8 Å². The molecule has 156 valence electrons. The summed E-state index contributed by atoms with van der Waals surface area (Å²) in [6.45, 7) is 5.33. The Morgan fingerprint density at radius 3 is 2.79 bits per heavy atom. The lowest BCUT2D eigenvalue weighted by molar-refractivity contribution is 0.0650. The van der Waals surface area contributed by atoms with Gasteiger partial charge in [0.15, 0.2) is 0 Å². The van der Waals surface area contributed by atoms with Gasteiger partial charge in [-0.1, -0.05) is 18.2 Å². The van der Waals surface area contributed by atoms with Crippen LogP contribution in [-0.4, -0.2) is 60.5 Å². The molecule has 0 radical (unpaired) electrons. The molecule has 3 heterocycles. The van der Waals surface area contributed by atoms with Crippen molar-refractivity contribution in [2.24, 2.45) is 10.7 Å². The molecule has 7 nitrogen and oxygen atoms in total. The van der Waals surface area contributed by atoms with E-state index in [4.69, 9.17) is 20.6 Å². The lowest BCUT2D eigenvalue weighted by Gasteiger charge is -2.36. The van der Waals surface area contributed by atoms with Gasteiger partial charge < -0.3 is 25.8 Å². The fourth-order valence-corrected chi connectivity index (χ4v) is 4.26. The second-order valence-electron chi connectivity index (χ2n) is 8.11. The van der Waals surface area contributed by atoms with E-state index >= 15 is 0 Å². The van der Waals surface area contributed by atoms with E-state index in [1.165, 1.54) is 6.42 Å². The third kappa shape index (κ3) is 4.86. The first-order valence-corrected chi connectivity index (χ1v) is 10.6. The fraction of sp³-hybridized carbons (Fsp3) is 0.545. The molecule has 2 fully saturated rings. The van der Waals surface area contributed by atoms with E-state index in [1.54, 1.807) is 6.92 Å². The summed E-state index contributed by atoms with van der Waals surface area (Å²) in [5.74, 6) is 1.05. The van der Waals surface area contributed by atoms with Gasteiger partial charge in [0.2, 0.25) is 0 Å². The lowest BCUT2D eigenvalue weighted by atomic mass is 10.0. The Morgan fingerprint density at radius 2 is 2.07 bits per heavy atom. The molecule has 0 saturated carbocycles. The zero-order valence-corrected chi connectivity index (χ0v) is 17.1. The number of aliphatic imine (C=N–C) groups is 1. The molecule has 2 saturated heterocycles. The average Bonchev–Trinajstić information content (AvgIpc) is 2.73. The second kappa shape index (κ2) is 9.07. The number of benzene rings is 1. The molecule has 2 unspecified atom stereocenters. The quantitative estimate of drug-likeness (QED) is 0.454. The van der Waals surface area contributed by atoms with E-state index < -0.39 is 6.17 Å². The average molecular weight is 399 g/mol. The van der Waals surface area contributed by atoms with Crippen molar-refractivity contribution in [3.05, 3.63) is 35.9 Å². The van der Waals surface area contributed by atoms with Gasteiger partial charge in [-0.25, -0.2) is 4.98 Å². The van der Waals surface area contributed by atoms with Crippen molar-refractivity contribution in [3.8, 4) is 0 Å². The summed E-state index contributed by atoms with van der Waals surface area (Å²) in [7, 11) is 0. The number of hydrogen-bond donors (Lipinski definition) is 2. The highest BCUT2D eigenvalue weighted by atomic mass is 16.5. The number of fused-ring (bicyclic) bond motifs is 1. The SMILES string of the molecule is CC(N)/N=C(\[OH2+])c1cc2ccccc2nc1N1CCC(NC2CCCOC2)CC1. The minimum atomic E-state index is -0.408. The van der Waals surface area contributed by atoms with Crippen LogP contribution in [0.15, 0.2) is 35.3 Å². The second-order valence-corrected chi connectivity index (χ2v) is 8.11. The lowest BCUT2D eigenvalue weighted by Crippen LogP contribution is -2.49. The van der Waals surface area contributed by atoms with Crippen molar-refractivity contribution in [2.75, 3.05) is 31.2 Å². The molecule has 29 heavy (non-hydrogen) atoms. The maximum Gasteiger partial charge on any atom is 0.365 e. The molecular weight excluding hydrogens is 366 g/mol. The van der Waals surface area contributed by atoms with Crippen LogP contribution < -0.4 is 16.0 Å². The van der Waals surface area contributed by atoms with Gasteiger partial charge in [-0.15, -0.1) is 0 Å². The van der Waals surface area contributed by atoms with Crippen molar-refractivity contribution in [1.82, 2.24) is 10.3 Å². The Bertz CT molecular complexity index is 855. The number of rotatable bonds is 5. The van der Waals surface area contributed by atoms with Gasteiger partial charge in [0.05, 0.1) is 12.1 Å². The molecule has 1 aromatic carbocycles. The highest BCUT2D eigenvalue weighted by Crippen LogP contribution is 2.27. The number of anilines is 1. The third-order valence-corrected chi connectivity index (χ3v) is 5.72. The number of piperidine rings is 1. The van der Waals surface area contributed by atoms with Crippen molar-refractivity contribution < 1.29 is 9.84 Å². The monoisotopic (exact) mass is 398 g/mol. The number of hydrogen-bond acceptors (Lipinski definition) is 6. The predicted octanol–water partition coefficient (Wildman–Crippen LogP) is 1.75. The molecule has 2 atom stereocenters. The summed E-state index contributed by atoms with van der Waals surface area (Å²) in [4.78, 5) is 11.5. The smallest absolute Gasteiger partial charge is 0.365 e. The van der Waals surface area contributed by atoms with E-state index in [0.29, 0.717) is 12.1 Å². The van der Waals surface area contributed by atoms with Crippen LogP contribution in [0.1, 0.15) is 38.2 Å². The van der Waals surface area contributed by atoms with E-state index in [2.05, 4.69) is 15.2 Å². The first-order chi connectivity index (χ1) is 14.1. The third-order valence-electron chi connectivity index (χ3n) is 5.72. The molecule has 0 amide bonds. The van der Waals surface area contributed by atoms with E-state index in [9.17, 15) is 0 Å². The Morgan fingerprint density at radius 1 is 1.28 bits per heavy atom. The predicted molar refractivity (Wildman–Crippen MR) is 118 cm³/mol. The summed E-state index contributed by atoms with van der Waals surface area (Å²) in [6.07, 6.45) is 4.05. The number of nitrogens with zero attached hydrogens (tertiary/aromatic N) is 3. The van der Waals surface area contributed by atoms with Gasteiger partial charge in [0, 0.05) is 37.2 Å². The Hall–Kier alpha value is -2.22. The van der Waals surface area contributed by atoms with Crippen LogP contribution in [0, 0.1) is 0 Å². The Kier molecular flexibility index (Phi) is 6.28. The summed E-state index contributed by atoms with van der Waals surface area (Å²) >= 11 is 0. The summed E-state index contributed by atoms with van der Waals surface area (Å²) in [6, 6.07) is 11.0. The molecule has 1 aromatic heterocycles. The summed E-state index contributed by atoms with van der Waals surface area (Å²) in [5.41, 5.74) is 7.52. The van der Waals surface area contributed by atoms with Gasteiger partial charge in [-0.2, -0.15) is 4.99 Å². The standard InChI is InChI=1S/C22H31N5O2/c1-15(23)24-22(28)19-13-16-5-2-3-7-20(16)26-21(19)27-10-8-17(9-11-27)25-18-6-4-12-29-14-18/h2-3,5,7,13,15,17-18,25H,4,6,8-12,14,23H2,1H3,(H,24,28)/p+1. The van der Waals surface area contributed by atoms with E-state index in [1.807, 2.05) is 30.3 Å². The minimum absolute atomic E-state index is 0.202. The van der Waals surface area contributed by atoms with Gasteiger partial charge in [0.1, 0.15) is 17.5 Å². The molecule has 2 aliphatic heterocycles. The number of pyridine rings is 1. The highest BCUT2D eigenvalue weighted by molar-refractivity contribution is 6.01. The maximum atomic E-state index is 8.46. The fourth-order valence-electron chi connectivity index (χ4n) is 4.26. The summed E-state index contributed by atoms with van der Waals surface area (Å²) in [5, 5.41) is 13.3. The Labute approximate surface area is 172 Å². The van der Waals surface area contributed by atoms with Crippen molar-refractivity contribution >= 4 is 22.6 Å². The number of para-hydroxylation sites is 1. The van der Waals surface area contributed by atoms with Gasteiger partial charge in [-0.3, -0.25) is 0 Å². The summed E-state index contributed by atoms with van der Waals surface area (Å²) < 4.78 is 5.60. The van der Waals surface area contributed by atoms with Crippen LogP contribution in [0.2, 0.25) is 0 Å². The van der Waals surface area contributed by atoms with Crippen molar-refractivity contribution in [3.63, 3.8) is 0 Å². The molecule has 7 heteroatoms. The van der Waals surface area contributed by atoms with Crippen LogP contribution in [0.25, 0.3) is 10.9 Å². The highest BCUT2D eigenvalue weighted by Gasteiger charge is 2.27. The first-order valence-electron chi connectivity index (χ1n) is 10.6. The molecule has 2 aromatic rings. The van der Waals surface area contributed by atoms with Gasteiger partial charge in [0.25, 0.3) is 0 Å². The zero-order chi connectivity index (χ0) is 20.2. The van der Waals surface area contributed by atoms with Crippen LogP contribution >= 0.6 is 0 Å². The number of ether oxygens (including phenoxy) is 1. The Balaban J connectivity index is 1.53. The van der Waals surface area contributed by atoms with Gasteiger partial charge in [-0.05, 0) is 44.7 Å². The molecule has 4 rings (SSSR count). The van der Waals surface area contributed by atoms with Crippen molar-refractivity contribution in [1.29, 1.82) is 0 Å². The normalized spacial score (nSPS) is 22.8. The zero-order valence-electron chi connectivity index (χ0n) is 17.1. The topological polar surface area (TPSA) is 98.7 Å². The molecule has 0 bridgehead atoms. The number of aromatic nitrogens is 1. The number of nitrogens with one attached hydrogen (secondary N) is 1. The number of nitrogens with two attached hydrogens (primary N) is 1. The molecule has 2 aliphatic rings. The maximum absolute atomic E-state index is 8.46. The van der Waals surface area contributed by atoms with Crippen LogP contribution in [0.4, 0.5) is 5.82 Å². The molecule has 5 N–H and O–H groups in total.